The SMILES string of the molecule is C=C[C@@H]1CCC(CC)C(=O)C1. The summed E-state index contributed by atoms with van der Waals surface area (Å²) < 4.78 is 0. The fourth-order valence-corrected chi connectivity index (χ4v) is 1.74. The fraction of sp³-hybridized carbons (Fsp3) is 0.700. The van der Waals surface area contributed by atoms with Crippen LogP contribution in [0.3, 0.4) is 0 Å². The van der Waals surface area contributed by atoms with E-state index in [0.29, 0.717) is 17.6 Å². The number of carbonyl (C=O) groups excluding carboxylic acids is 1. The lowest BCUT2D eigenvalue weighted by Crippen LogP contribution is -2.23. The van der Waals surface area contributed by atoms with Gasteiger partial charge in [0.15, 0.2) is 0 Å². The van der Waals surface area contributed by atoms with Crippen LogP contribution in [-0.2, 0) is 4.79 Å². The molecule has 0 bridgehead atoms. The zero-order chi connectivity index (χ0) is 8.27. The quantitative estimate of drug-likeness (QED) is 0.556. The van der Waals surface area contributed by atoms with Crippen LogP contribution in [0.2, 0.25) is 0 Å². The number of hydrogen-bond acceptors (Lipinski definition) is 1. The Hall–Kier alpha value is -0.590. The van der Waals surface area contributed by atoms with E-state index >= 15 is 0 Å². The minimum atomic E-state index is 0.353. The Labute approximate surface area is 68.5 Å². The molecule has 0 saturated heterocycles. The molecule has 0 amide bonds. The van der Waals surface area contributed by atoms with E-state index in [1.54, 1.807) is 0 Å². The first-order chi connectivity index (χ1) is 5.27. The standard InChI is InChI=1S/C10H16O/c1-3-8-5-6-9(4-2)10(11)7-8/h3,8-9H,1,4-7H2,2H3/t8-,9?/m1/s1. The highest BCUT2D eigenvalue weighted by Gasteiger charge is 2.25. The predicted octanol–water partition coefficient (Wildman–Crippen LogP) is 2.57. The molecule has 0 heterocycles. The van der Waals surface area contributed by atoms with Gasteiger partial charge in [-0.3, -0.25) is 4.79 Å². The number of hydrogen-bond donors (Lipinski definition) is 0. The Kier molecular flexibility index (Phi) is 2.86. The molecule has 1 unspecified atom stereocenters. The van der Waals surface area contributed by atoms with Crippen LogP contribution in [0.15, 0.2) is 12.7 Å². The summed E-state index contributed by atoms with van der Waals surface area (Å²) in [6.07, 6.45) is 5.91. The summed E-state index contributed by atoms with van der Waals surface area (Å²) >= 11 is 0. The van der Waals surface area contributed by atoms with Crippen molar-refractivity contribution in [3.8, 4) is 0 Å². The van der Waals surface area contributed by atoms with Crippen molar-refractivity contribution >= 4 is 5.78 Å². The minimum Gasteiger partial charge on any atom is -0.299 e. The Morgan fingerprint density at radius 2 is 2.36 bits per heavy atom. The number of allylic oxidation sites excluding steroid dienone is 1. The van der Waals surface area contributed by atoms with Crippen LogP contribution in [0.25, 0.3) is 0 Å². The molecule has 0 aliphatic heterocycles. The Bertz CT molecular complexity index is 160. The molecular formula is C10H16O. The van der Waals surface area contributed by atoms with E-state index in [-0.39, 0.29) is 0 Å². The van der Waals surface area contributed by atoms with Gasteiger partial charge < -0.3 is 0 Å². The number of carbonyl (C=O) groups is 1. The maximum absolute atomic E-state index is 11.3. The third-order valence-corrected chi connectivity index (χ3v) is 2.63. The summed E-state index contributed by atoms with van der Waals surface area (Å²) in [6.45, 7) is 5.81. The average Bonchev–Trinajstić information content (AvgIpc) is 2.04. The summed E-state index contributed by atoms with van der Waals surface area (Å²) in [5.41, 5.74) is 0. The van der Waals surface area contributed by atoms with E-state index in [1.165, 1.54) is 0 Å². The van der Waals surface area contributed by atoms with Crippen LogP contribution in [-0.4, -0.2) is 5.78 Å². The lowest BCUT2D eigenvalue weighted by Gasteiger charge is -2.24. The van der Waals surface area contributed by atoms with Crippen LogP contribution in [0.4, 0.5) is 0 Å². The van der Waals surface area contributed by atoms with Crippen LogP contribution in [0, 0.1) is 11.8 Å². The van der Waals surface area contributed by atoms with Crippen molar-refractivity contribution in [2.24, 2.45) is 11.8 Å². The zero-order valence-electron chi connectivity index (χ0n) is 7.18. The predicted molar refractivity (Wildman–Crippen MR) is 46.3 cm³/mol. The van der Waals surface area contributed by atoms with Gasteiger partial charge in [0.05, 0.1) is 0 Å². The molecule has 0 aromatic carbocycles. The first kappa shape index (κ1) is 8.51. The van der Waals surface area contributed by atoms with Gasteiger partial charge in [0.2, 0.25) is 0 Å². The van der Waals surface area contributed by atoms with Crippen LogP contribution in [0.1, 0.15) is 32.6 Å². The van der Waals surface area contributed by atoms with Gasteiger partial charge in [0.25, 0.3) is 0 Å². The van der Waals surface area contributed by atoms with Gasteiger partial charge >= 0.3 is 0 Å². The molecule has 0 radical (unpaired) electrons. The molecular weight excluding hydrogens is 136 g/mol. The Balaban J connectivity index is 2.47. The molecule has 1 nitrogen and oxygen atoms in total. The second-order valence-electron chi connectivity index (χ2n) is 3.35. The highest BCUT2D eigenvalue weighted by molar-refractivity contribution is 5.82. The molecule has 1 heteroatoms. The van der Waals surface area contributed by atoms with E-state index in [1.807, 2.05) is 6.08 Å². The third-order valence-electron chi connectivity index (χ3n) is 2.63. The Morgan fingerprint density at radius 3 is 2.82 bits per heavy atom. The molecule has 1 saturated carbocycles. The summed E-state index contributed by atoms with van der Waals surface area (Å²) in [5.74, 6) is 1.26. The summed E-state index contributed by atoms with van der Waals surface area (Å²) in [5, 5.41) is 0. The lowest BCUT2D eigenvalue weighted by atomic mass is 9.80. The fourth-order valence-electron chi connectivity index (χ4n) is 1.74. The molecule has 0 N–H and O–H groups in total. The van der Waals surface area contributed by atoms with Crippen molar-refractivity contribution in [2.45, 2.75) is 32.6 Å². The molecule has 0 spiro atoms. The largest absolute Gasteiger partial charge is 0.299 e. The van der Waals surface area contributed by atoms with Crippen molar-refractivity contribution in [1.29, 1.82) is 0 Å². The van der Waals surface area contributed by atoms with E-state index in [0.717, 1.165) is 25.7 Å². The molecule has 0 aromatic rings. The number of ketones is 1. The van der Waals surface area contributed by atoms with Gasteiger partial charge in [-0.15, -0.1) is 6.58 Å². The highest BCUT2D eigenvalue weighted by atomic mass is 16.1. The molecule has 11 heavy (non-hydrogen) atoms. The van der Waals surface area contributed by atoms with Gasteiger partial charge in [-0.05, 0) is 25.2 Å². The van der Waals surface area contributed by atoms with Crippen LogP contribution in [0.5, 0.6) is 0 Å². The van der Waals surface area contributed by atoms with Crippen molar-refractivity contribution in [2.75, 3.05) is 0 Å². The first-order valence-corrected chi connectivity index (χ1v) is 4.43. The molecule has 0 aromatic heterocycles. The van der Waals surface area contributed by atoms with Gasteiger partial charge in [-0.2, -0.15) is 0 Å². The van der Waals surface area contributed by atoms with Crippen molar-refractivity contribution < 1.29 is 4.79 Å². The van der Waals surface area contributed by atoms with E-state index in [2.05, 4.69) is 13.5 Å². The molecule has 1 fully saturated rings. The summed E-state index contributed by atoms with van der Waals surface area (Å²) in [6, 6.07) is 0. The second kappa shape index (κ2) is 3.70. The van der Waals surface area contributed by atoms with Gasteiger partial charge in [0, 0.05) is 12.3 Å². The normalized spacial score (nSPS) is 31.9. The van der Waals surface area contributed by atoms with Crippen LogP contribution >= 0.6 is 0 Å². The van der Waals surface area contributed by atoms with Gasteiger partial charge in [-0.1, -0.05) is 13.0 Å². The maximum Gasteiger partial charge on any atom is 0.136 e. The monoisotopic (exact) mass is 152 g/mol. The first-order valence-electron chi connectivity index (χ1n) is 4.43. The average molecular weight is 152 g/mol. The van der Waals surface area contributed by atoms with E-state index in [4.69, 9.17) is 0 Å². The Morgan fingerprint density at radius 1 is 1.64 bits per heavy atom. The topological polar surface area (TPSA) is 17.1 Å². The highest BCUT2D eigenvalue weighted by Crippen LogP contribution is 2.28. The van der Waals surface area contributed by atoms with Crippen molar-refractivity contribution in [3.05, 3.63) is 12.7 Å². The molecule has 2 atom stereocenters. The van der Waals surface area contributed by atoms with Crippen molar-refractivity contribution in [3.63, 3.8) is 0 Å². The van der Waals surface area contributed by atoms with Crippen molar-refractivity contribution in [1.82, 2.24) is 0 Å². The summed E-state index contributed by atoms with van der Waals surface area (Å²) in [7, 11) is 0. The van der Waals surface area contributed by atoms with Crippen LogP contribution < -0.4 is 0 Å². The lowest BCUT2D eigenvalue weighted by molar-refractivity contribution is -0.125. The maximum atomic E-state index is 11.3. The summed E-state index contributed by atoms with van der Waals surface area (Å²) in [4.78, 5) is 11.3. The van der Waals surface area contributed by atoms with E-state index in [9.17, 15) is 4.79 Å². The van der Waals surface area contributed by atoms with E-state index < -0.39 is 0 Å². The molecule has 1 aliphatic rings. The second-order valence-corrected chi connectivity index (χ2v) is 3.35. The molecule has 62 valence electrons. The molecule has 1 rings (SSSR count). The third kappa shape index (κ3) is 1.92. The zero-order valence-corrected chi connectivity index (χ0v) is 7.18. The van der Waals surface area contributed by atoms with Gasteiger partial charge in [-0.25, -0.2) is 0 Å². The number of rotatable bonds is 2. The molecule has 1 aliphatic carbocycles. The minimum absolute atomic E-state index is 0.353. The number of Topliss-reactive ketones (excluding diaryl/α,β-unsaturated/α-hetero) is 1. The van der Waals surface area contributed by atoms with Gasteiger partial charge in [0.1, 0.15) is 5.78 Å². The smallest absolute Gasteiger partial charge is 0.136 e.